The highest BCUT2D eigenvalue weighted by molar-refractivity contribution is 5.89. The molecule has 308 valence electrons. The quantitative estimate of drug-likeness (QED) is 0.145. The summed E-state index contributed by atoms with van der Waals surface area (Å²) in [5.41, 5.74) is 13.7. The third kappa shape index (κ3) is 7.67. The molecule has 12 aromatic rings. The fourth-order valence-electron chi connectivity index (χ4n) is 8.52. The molecule has 0 radical (unpaired) electrons. The van der Waals surface area contributed by atoms with E-state index >= 15 is 0 Å². The van der Waals surface area contributed by atoms with Crippen molar-refractivity contribution in [2.45, 2.75) is 13.1 Å². The van der Waals surface area contributed by atoms with Gasteiger partial charge in [-0.15, -0.1) is 0 Å². The molecule has 0 spiro atoms. The topological polar surface area (TPSA) is 80.5 Å². The highest BCUT2D eigenvalue weighted by Gasteiger charge is 2.10. The number of hydrogen-bond donors (Lipinski definition) is 0. The van der Waals surface area contributed by atoms with E-state index in [1.165, 1.54) is 43.8 Å². The Kier molecular flexibility index (Phi) is 10.0. The average Bonchev–Trinajstić information content (AvgIpc) is 4.21. The molecule has 9 heteroatoms. The number of hydrogen-bond acceptors (Lipinski definition) is 5. The van der Waals surface area contributed by atoms with E-state index in [9.17, 15) is 0 Å². The van der Waals surface area contributed by atoms with E-state index in [2.05, 4.69) is 175 Å². The zero-order chi connectivity index (χ0) is 42.8. The zero-order valence-electron chi connectivity index (χ0n) is 35.1. The third-order valence-corrected chi connectivity index (χ3v) is 11.9. The first-order valence-electron chi connectivity index (χ1n) is 21.2. The van der Waals surface area contributed by atoms with Crippen LogP contribution in [0.1, 0.15) is 11.1 Å². The molecule has 0 aliphatic carbocycles. The number of ether oxygens (including phenoxy) is 1. The predicted octanol–water partition coefficient (Wildman–Crippen LogP) is 12.2. The van der Waals surface area contributed by atoms with Crippen molar-refractivity contribution in [1.82, 2.24) is 38.2 Å². The maximum atomic E-state index is 5.66. The molecule has 9 nitrogen and oxygen atoms in total. The molecular formula is C55H42N8O. The van der Waals surface area contributed by atoms with Gasteiger partial charge in [0.1, 0.15) is 5.75 Å². The maximum absolute atomic E-state index is 5.66. The monoisotopic (exact) mass is 830 g/mol. The summed E-state index contributed by atoms with van der Waals surface area (Å²) in [5, 5.41) is 4.93. The lowest BCUT2D eigenvalue weighted by atomic mass is 9.99. The van der Waals surface area contributed by atoms with Crippen LogP contribution in [0.25, 0.3) is 77.2 Å². The summed E-state index contributed by atoms with van der Waals surface area (Å²) < 4.78 is 14.0. The Bertz CT molecular complexity index is 3550. The normalized spacial score (nSPS) is 11.3. The minimum Gasteiger partial charge on any atom is -0.495 e. The number of methoxy groups -OCH3 is 1. The first-order chi connectivity index (χ1) is 31.6. The Morgan fingerprint density at radius 1 is 0.438 bits per heavy atom. The molecule has 0 saturated heterocycles. The van der Waals surface area contributed by atoms with Crippen LogP contribution in [0.2, 0.25) is 0 Å². The fraction of sp³-hybridized carbons (Fsp3) is 0.0545. The molecule has 0 bridgehead atoms. The number of rotatable bonds is 9. The number of nitrogens with zero attached hydrogens (tertiary/aromatic N) is 8. The van der Waals surface area contributed by atoms with Crippen molar-refractivity contribution in [2.24, 2.45) is 0 Å². The van der Waals surface area contributed by atoms with Crippen LogP contribution < -0.4 is 4.74 Å². The lowest BCUT2D eigenvalue weighted by Gasteiger charge is -2.12. The largest absolute Gasteiger partial charge is 0.495 e. The minimum absolute atomic E-state index is 0.797. The first kappa shape index (κ1) is 38.4. The predicted molar refractivity (Wildman–Crippen MR) is 257 cm³/mol. The van der Waals surface area contributed by atoms with E-state index in [4.69, 9.17) is 4.74 Å². The fourth-order valence-corrected chi connectivity index (χ4v) is 8.52. The maximum Gasteiger partial charge on any atom is 0.143 e. The Labute approximate surface area is 369 Å². The molecule has 4 aromatic heterocycles. The summed E-state index contributed by atoms with van der Waals surface area (Å²) >= 11 is 0. The molecule has 0 amide bonds. The second-order valence-electron chi connectivity index (χ2n) is 15.9. The van der Waals surface area contributed by atoms with Gasteiger partial charge in [-0.1, -0.05) is 91.0 Å². The van der Waals surface area contributed by atoms with Gasteiger partial charge in [0.25, 0.3) is 0 Å². The number of fused-ring (bicyclic) bond motifs is 4. The molecule has 0 fully saturated rings. The van der Waals surface area contributed by atoms with Crippen molar-refractivity contribution in [2.75, 3.05) is 7.11 Å². The molecule has 0 atom stereocenters. The molecule has 4 heterocycles. The third-order valence-electron chi connectivity index (χ3n) is 11.9. The van der Waals surface area contributed by atoms with Crippen molar-refractivity contribution in [3.05, 3.63) is 225 Å². The van der Waals surface area contributed by atoms with Gasteiger partial charge in [0, 0.05) is 43.6 Å². The van der Waals surface area contributed by atoms with Gasteiger partial charge >= 0.3 is 0 Å². The van der Waals surface area contributed by atoms with Crippen LogP contribution in [0.3, 0.4) is 0 Å². The Hall–Kier alpha value is -8.56. The summed E-state index contributed by atoms with van der Waals surface area (Å²) in [6.07, 6.45) is 14.9. The molecular weight excluding hydrogens is 789 g/mol. The van der Waals surface area contributed by atoms with Crippen molar-refractivity contribution in [1.29, 1.82) is 0 Å². The Morgan fingerprint density at radius 3 is 1.48 bits per heavy atom. The summed E-state index contributed by atoms with van der Waals surface area (Å²) in [5.74, 6) is 0.813. The van der Waals surface area contributed by atoms with Gasteiger partial charge < -0.3 is 23.0 Å². The van der Waals surface area contributed by atoms with E-state index in [0.717, 1.165) is 63.4 Å². The SMILES string of the molecule is COc1cc(-c2ccc3cc(Cn4cnc5ccccc54)ccc3c2)ccc1-n1ccnc1.c1ccc2c(c1)ncn2Cc1ccc2cc(-c3ccc(-n4ccnc4)cc3)ccc2c1. The highest BCUT2D eigenvalue weighted by Crippen LogP contribution is 2.32. The van der Waals surface area contributed by atoms with Gasteiger partial charge in [-0.3, -0.25) is 0 Å². The van der Waals surface area contributed by atoms with Crippen LogP contribution in [0, 0.1) is 0 Å². The number of aromatic nitrogens is 8. The smallest absolute Gasteiger partial charge is 0.143 e. The molecule has 12 rings (SSSR count). The van der Waals surface area contributed by atoms with Crippen LogP contribution >= 0.6 is 0 Å². The minimum atomic E-state index is 0.797. The molecule has 8 aromatic carbocycles. The summed E-state index contributed by atoms with van der Waals surface area (Å²) in [4.78, 5) is 17.3. The van der Waals surface area contributed by atoms with Crippen LogP contribution in [0.15, 0.2) is 214 Å². The molecule has 0 aliphatic rings. The number of benzene rings is 8. The summed E-state index contributed by atoms with van der Waals surface area (Å²) in [6.45, 7) is 1.61. The zero-order valence-corrected chi connectivity index (χ0v) is 35.1. The van der Waals surface area contributed by atoms with Gasteiger partial charge in [-0.05, 0) is 128 Å². The van der Waals surface area contributed by atoms with E-state index in [1.54, 1.807) is 25.8 Å². The molecule has 0 aliphatic heterocycles. The van der Waals surface area contributed by atoms with Gasteiger partial charge in [-0.2, -0.15) is 0 Å². The first-order valence-corrected chi connectivity index (χ1v) is 21.2. The van der Waals surface area contributed by atoms with Crippen LogP contribution in [-0.4, -0.2) is 45.3 Å². The van der Waals surface area contributed by atoms with Gasteiger partial charge in [0.15, 0.2) is 0 Å². The average molecular weight is 831 g/mol. The molecule has 64 heavy (non-hydrogen) atoms. The number of imidazole rings is 4. The van der Waals surface area contributed by atoms with Crippen molar-refractivity contribution in [3.63, 3.8) is 0 Å². The number of para-hydroxylation sites is 4. The van der Waals surface area contributed by atoms with Crippen LogP contribution in [0.4, 0.5) is 0 Å². The van der Waals surface area contributed by atoms with E-state index in [-0.39, 0.29) is 0 Å². The van der Waals surface area contributed by atoms with Crippen LogP contribution in [-0.2, 0) is 13.1 Å². The van der Waals surface area contributed by atoms with E-state index < -0.39 is 0 Å². The lowest BCUT2D eigenvalue weighted by molar-refractivity contribution is 0.413. The Balaban J connectivity index is 0.000000143. The van der Waals surface area contributed by atoms with Gasteiger partial charge in [0.05, 0.1) is 60.2 Å². The second-order valence-corrected chi connectivity index (χ2v) is 15.9. The summed E-state index contributed by atoms with van der Waals surface area (Å²) in [7, 11) is 1.70. The van der Waals surface area contributed by atoms with Gasteiger partial charge in [0.2, 0.25) is 0 Å². The van der Waals surface area contributed by atoms with E-state index in [0.29, 0.717) is 0 Å². The van der Waals surface area contributed by atoms with Crippen molar-refractivity contribution in [3.8, 4) is 39.4 Å². The standard InChI is InChI=1S/C28H22N4O.C27H20N4/c1-33-28-16-24(10-11-27(28)31-13-12-29-18-31)23-9-8-21-14-20(6-7-22(21)15-23)17-32-19-30-25-4-2-3-5-26(25)32;1-2-4-27-26(3-1)29-19-31(27)17-20-5-6-24-16-23(8-7-22(24)15-20)21-9-11-25(12-10-21)30-14-13-28-18-30/h2-16,18-19H,17H2,1H3;1-16,18-19H,17H2. The highest BCUT2D eigenvalue weighted by atomic mass is 16.5. The second kappa shape index (κ2) is 16.7. The van der Waals surface area contributed by atoms with Crippen molar-refractivity contribution < 1.29 is 4.74 Å². The molecule has 0 saturated carbocycles. The van der Waals surface area contributed by atoms with Crippen LogP contribution in [0.5, 0.6) is 5.75 Å². The lowest BCUT2D eigenvalue weighted by Crippen LogP contribution is -1.97. The van der Waals surface area contributed by atoms with Gasteiger partial charge in [-0.25, -0.2) is 19.9 Å². The summed E-state index contributed by atoms with van der Waals surface area (Å²) in [6, 6.07) is 58.0. The molecule has 0 N–H and O–H groups in total. The van der Waals surface area contributed by atoms with E-state index in [1.807, 2.05) is 58.7 Å². The molecule has 0 unspecified atom stereocenters. The van der Waals surface area contributed by atoms with Crippen molar-refractivity contribution >= 4 is 43.6 Å². The Morgan fingerprint density at radius 2 is 0.922 bits per heavy atom.